The highest BCUT2D eigenvalue weighted by Gasteiger charge is 2.52. The summed E-state index contributed by atoms with van der Waals surface area (Å²) in [6, 6.07) is 8.98. The molecule has 2 saturated heterocycles. The third-order valence-electron chi connectivity index (χ3n) is 7.87. The number of nitrogens with zero attached hydrogens (tertiary/aromatic N) is 4. The van der Waals surface area contributed by atoms with E-state index < -0.39 is 55.5 Å². The number of ether oxygens (including phenoxy) is 3. The maximum atomic E-state index is 16.0. The van der Waals surface area contributed by atoms with Crippen LogP contribution in [0.1, 0.15) is 5.56 Å². The van der Waals surface area contributed by atoms with Crippen LogP contribution in [0.2, 0.25) is 5.02 Å². The minimum Gasteiger partial charge on any atom is -0.497 e. The van der Waals surface area contributed by atoms with Crippen molar-refractivity contribution >= 4 is 33.1 Å². The van der Waals surface area contributed by atoms with Gasteiger partial charge in [0.2, 0.25) is 5.95 Å². The quantitative estimate of drug-likeness (QED) is 0.256. The number of fused-ring (bicyclic) bond motifs is 1. The average Bonchev–Trinajstić information content (AvgIpc) is 3.46. The SMILES string of the molecule is COc1ccc(CN(c2cccc(F)n2)S(=O)(=O)c2c(F)cc(N3C[C@H]4CN(C)C[C@]4(OC)C3)c(Cl)c2F)c(OC)c1. The third kappa shape index (κ3) is 5.23. The van der Waals surface area contributed by atoms with Gasteiger partial charge >= 0.3 is 0 Å². The predicted molar refractivity (Wildman–Crippen MR) is 151 cm³/mol. The monoisotopic (exact) mass is 626 g/mol. The Morgan fingerprint density at radius 1 is 1.07 bits per heavy atom. The maximum Gasteiger partial charge on any atom is 0.271 e. The fourth-order valence-electron chi connectivity index (χ4n) is 5.83. The standard InChI is InChI=1S/C28H30ClF3N4O5S/c1-34-13-18-14-35(16-28(18,15-34)41-4)21-11-20(30)27(26(32)25(21)29)42(37,38)36(24-7-5-6-23(31)33-24)12-17-8-9-19(39-2)10-22(17)40-3/h5-11,18H,12-16H2,1-4H3/t18-,28+/m1/s1. The fourth-order valence-corrected chi connectivity index (χ4v) is 7.67. The van der Waals surface area contributed by atoms with Crippen LogP contribution in [-0.2, 0) is 21.3 Å². The number of methoxy groups -OCH3 is 3. The van der Waals surface area contributed by atoms with Crippen molar-refractivity contribution in [2.75, 3.05) is 63.8 Å². The first kappa shape index (κ1) is 30.2. The molecule has 5 rings (SSSR count). The minimum atomic E-state index is -5.04. The normalized spacial score (nSPS) is 20.6. The molecule has 0 radical (unpaired) electrons. The molecule has 2 aliphatic heterocycles. The van der Waals surface area contributed by atoms with E-state index in [0.717, 1.165) is 18.7 Å². The molecule has 1 aromatic heterocycles. The van der Waals surface area contributed by atoms with Gasteiger partial charge in [-0.3, -0.25) is 0 Å². The third-order valence-corrected chi connectivity index (χ3v) is 10.0. The van der Waals surface area contributed by atoms with Crippen molar-refractivity contribution in [3.05, 3.63) is 70.6 Å². The second-order valence-electron chi connectivity index (χ2n) is 10.4. The molecular weight excluding hydrogens is 597 g/mol. The molecule has 2 aliphatic rings. The Morgan fingerprint density at radius 2 is 1.83 bits per heavy atom. The zero-order chi connectivity index (χ0) is 30.4. The van der Waals surface area contributed by atoms with E-state index in [1.165, 1.54) is 38.5 Å². The van der Waals surface area contributed by atoms with Gasteiger partial charge in [0.05, 0.1) is 26.5 Å². The van der Waals surface area contributed by atoms with Crippen LogP contribution in [0.4, 0.5) is 24.7 Å². The zero-order valence-corrected chi connectivity index (χ0v) is 25.0. The van der Waals surface area contributed by atoms with Gasteiger partial charge in [0, 0.05) is 56.9 Å². The molecule has 0 spiro atoms. The van der Waals surface area contributed by atoms with Gasteiger partial charge in [-0.1, -0.05) is 17.7 Å². The number of hydrogen-bond acceptors (Lipinski definition) is 8. The summed E-state index contributed by atoms with van der Waals surface area (Å²) in [5.41, 5.74) is -0.228. The molecule has 2 aromatic carbocycles. The van der Waals surface area contributed by atoms with E-state index in [-0.39, 0.29) is 17.4 Å². The second kappa shape index (κ2) is 11.4. The topological polar surface area (TPSA) is 84.4 Å². The first-order valence-corrected chi connectivity index (χ1v) is 14.8. The van der Waals surface area contributed by atoms with Gasteiger partial charge in [-0.15, -0.1) is 0 Å². The largest absolute Gasteiger partial charge is 0.497 e. The summed E-state index contributed by atoms with van der Waals surface area (Å²) in [4.78, 5) is 6.23. The van der Waals surface area contributed by atoms with Gasteiger partial charge in [-0.05, 0) is 31.3 Å². The Labute approximate surface area is 247 Å². The lowest BCUT2D eigenvalue weighted by Gasteiger charge is -2.29. The first-order chi connectivity index (χ1) is 19.9. The van der Waals surface area contributed by atoms with Crippen molar-refractivity contribution in [3.8, 4) is 11.5 Å². The highest BCUT2D eigenvalue weighted by atomic mass is 35.5. The number of rotatable bonds is 9. The van der Waals surface area contributed by atoms with Crippen molar-refractivity contribution in [2.24, 2.45) is 5.92 Å². The number of likely N-dealkylation sites (N-methyl/N-ethyl adjacent to an activating group) is 1. The van der Waals surface area contributed by atoms with Crippen LogP contribution < -0.4 is 18.7 Å². The van der Waals surface area contributed by atoms with Crippen LogP contribution >= 0.6 is 11.6 Å². The number of anilines is 2. The summed E-state index contributed by atoms with van der Waals surface area (Å²) in [6.45, 7) is 1.59. The van der Waals surface area contributed by atoms with Crippen molar-refractivity contribution in [2.45, 2.75) is 17.0 Å². The van der Waals surface area contributed by atoms with Crippen molar-refractivity contribution in [1.82, 2.24) is 9.88 Å². The first-order valence-electron chi connectivity index (χ1n) is 13.0. The van der Waals surface area contributed by atoms with Gasteiger partial charge in [0.25, 0.3) is 10.0 Å². The van der Waals surface area contributed by atoms with E-state index in [4.69, 9.17) is 25.8 Å². The summed E-state index contributed by atoms with van der Waals surface area (Å²) in [5, 5.41) is -0.552. The Morgan fingerprint density at radius 3 is 2.48 bits per heavy atom. The highest BCUT2D eigenvalue weighted by molar-refractivity contribution is 7.92. The average molecular weight is 627 g/mol. The Hall–Kier alpha value is -3.26. The van der Waals surface area contributed by atoms with Gasteiger partial charge in [0.15, 0.2) is 10.7 Å². The van der Waals surface area contributed by atoms with Gasteiger partial charge in [-0.25, -0.2) is 26.5 Å². The van der Waals surface area contributed by atoms with Crippen molar-refractivity contribution in [1.29, 1.82) is 0 Å². The van der Waals surface area contributed by atoms with E-state index in [2.05, 4.69) is 9.88 Å². The summed E-state index contributed by atoms with van der Waals surface area (Å²) in [7, 11) is 1.34. The van der Waals surface area contributed by atoms with Crippen LogP contribution in [0.5, 0.6) is 11.5 Å². The van der Waals surface area contributed by atoms with E-state index >= 15 is 8.78 Å². The molecule has 9 nitrogen and oxygen atoms in total. The second-order valence-corrected chi connectivity index (χ2v) is 12.6. The zero-order valence-electron chi connectivity index (χ0n) is 23.4. The van der Waals surface area contributed by atoms with Crippen LogP contribution in [0, 0.1) is 23.5 Å². The molecule has 14 heteroatoms. The number of benzene rings is 2. The summed E-state index contributed by atoms with van der Waals surface area (Å²) < 4.78 is 91.0. The predicted octanol–water partition coefficient (Wildman–Crippen LogP) is 4.33. The molecule has 2 atom stereocenters. The molecule has 0 N–H and O–H groups in total. The smallest absolute Gasteiger partial charge is 0.271 e. The van der Waals surface area contributed by atoms with Crippen molar-refractivity contribution in [3.63, 3.8) is 0 Å². The minimum absolute atomic E-state index is 0.0198. The molecule has 42 heavy (non-hydrogen) atoms. The summed E-state index contributed by atoms with van der Waals surface area (Å²) >= 11 is 6.42. The number of likely N-dealkylation sites (tertiary alicyclic amines) is 1. The molecule has 3 heterocycles. The lowest BCUT2D eigenvalue weighted by atomic mass is 9.95. The van der Waals surface area contributed by atoms with E-state index in [1.807, 2.05) is 7.05 Å². The van der Waals surface area contributed by atoms with Crippen LogP contribution in [0.25, 0.3) is 0 Å². The summed E-state index contributed by atoms with van der Waals surface area (Å²) in [6.07, 6.45) is 0. The Bertz CT molecular complexity index is 1610. The van der Waals surface area contributed by atoms with Crippen LogP contribution in [0.15, 0.2) is 47.4 Å². The number of aromatic nitrogens is 1. The number of hydrogen-bond donors (Lipinski definition) is 0. The lowest BCUT2D eigenvalue weighted by Crippen LogP contribution is -2.41. The molecule has 0 amide bonds. The molecular formula is C28H30ClF3N4O5S. The maximum absolute atomic E-state index is 16.0. The van der Waals surface area contributed by atoms with Crippen molar-refractivity contribution < 1.29 is 35.8 Å². The Kier molecular flexibility index (Phi) is 8.23. The number of pyridine rings is 1. The Balaban J connectivity index is 1.57. The number of sulfonamides is 1. The summed E-state index contributed by atoms with van der Waals surface area (Å²) in [5.74, 6) is -3.47. The van der Waals surface area contributed by atoms with E-state index in [9.17, 15) is 12.8 Å². The van der Waals surface area contributed by atoms with Gasteiger partial charge in [0.1, 0.15) is 33.8 Å². The molecule has 0 bridgehead atoms. The van der Waals surface area contributed by atoms with E-state index in [0.29, 0.717) is 35.3 Å². The highest BCUT2D eigenvalue weighted by Crippen LogP contribution is 2.44. The van der Waals surface area contributed by atoms with Gasteiger partial charge in [-0.2, -0.15) is 4.39 Å². The fraction of sp³-hybridized carbons (Fsp3) is 0.393. The van der Waals surface area contributed by atoms with E-state index in [1.54, 1.807) is 18.1 Å². The molecule has 0 unspecified atom stereocenters. The molecule has 226 valence electrons. The lowest BCUT2D eigenvalue weighted by molar-refractivity contribution is -0.00330. The molecule has 2 fully saturated rings. The van der Waals surface area contributed by atoms with Crippen LogP contribution in [-0.4, -0.2) is 78.5 Å². The van der Waals surface area contributed by atoms with Gasteiger partial charge < -0.3 is 24.0 Å². The number of halogens is 4. The van der Waals surface area contributed by atoms with Crippen LogP contribution in [0.3, 0.4) is 0 Å². The molecule has 0 aliphatic carbocycles. The molecule has 0 saturated carbocycles. The molecule has 3 aromatic rings.